The minimum Gasteiger partial charge on any atom is -0.480 e. The van der Waals surface area contributed by atoms with Crippen LogP contribution in [-0.2, 0) is 9.59 Å². The van der Waals surface area contributed by atoms with Crippen molar-refractivity contribution in [1.29, 1.82) is 5.26 Å². The molecule has 0 fully saturated rings. The molecule has 1 rings (SSSR count). The van der Waals surface area contributed by atoms with Gasteiger partial charge < -0.3 is 15.3 Å². The highest BCUT2D eigenvalue weighted by Gasteiger charge is 2.14. The Morgan fingerprint density at radius 3 is 2.50 bits per heavy atom. The van der Waals surface area contributed by atoms with E-state index in [2.05, 4.69) is 5.32 Å². The molecule has 94 valence electrons. The molecule has 0 aliphatic rings. The van der Waals surface area contributed by atoms with Crippen LogP contribution >= 0.6 is 0 Å². The Morgan fingerprint density at radius 2 is 1.94 bits per heavy atom. The van der Waals surface area contributed by atoms with E-state index in [0.29, 0.717) is 5.69 Å². The van der Waals surface area contributed by atoms with Crippen molar-refractivity contribution in [3.05, 3.63) is 30.3 Å². The molecule has 0 heterocycles. The van der Waals surface area contributed by atoms with E-state index in [1.807, 2.05) is 0 Å². The summed E-state index contributed by atoms with van der Waals surface area (Å²) in [5.74, 6) is -1.41. The minimum absolute atomic E-state index is 0.0888. The number of carbonyl (C=O) groups excluding carboxylic acids is 1. The molecule has 6 heteroatoms. The summed E-state index contributed by atoms with van der Waals surface area (Å²) in [6, 6.07) is 10.6. The molecular weight excluding hydrogens is 234 g/mol. The molecule has 1 aromatic carbocycles. The van der Waals surface area contributed by atoms with Crippen LogP contribution in [0.1, 0.15) is 0 Å². The molecule has 0 aliphatic heterocycles. The number of benzene rings is 1. The third-order valence-corrected chi connectivity index (χ3v) is 2.15. The predicted octanol–water partition coefficient (Wildman–Crippen LogP) is 0.217. The zero-order valence-electron chi connectivity index (χ0n) is 9.67. The number of hydrogen-bond donors (Lipinski definition) is 2. The summed E-state index contributed by atoms with van der Waals surface area (Å²) >= 11 is 0. The summed E-state index contributed by atoms with van der Waals surface area (Å²) in [4.78, 5) is 23.6. The van der Waals surface area contributed by atoms with E-state index >= 15 is 0 Å². The Bertz CT molecular complexity index is 453. The molecule has 18 heavy (non-hydrogen) atoms. The van der Waals surface area contributed by atoms with Gasteiger partial charge in [0.1, 0.15) is 13.1 Å². The molecule has 1 amide bonds. The van der Waals surface area contributed by atoms with Gasteiger partial charge in [0.25, 0.3) is 0 Å². The summed E-state index contributed by atoms with van der Waals surface area (Å²) < 4.78 is 0. The van der Waals surface area contributed by atoms with Crippen LogP contribution in [0.3, 0.4) is 0 Å². The maximum absolute atomic E-state index is 11.5. The lowest BCUT2D eigenvalue weighted by Gasteiger charge is -2.21. The highest BCUT2D eigenvalue weighted by molar-refractivity contribution is 5.84. The topological polar surface area (TPSA) is 93.4 Å². The monoisotopic (exact) mass is 247 g/mol. The maximum atomic E-state index is 11.5. The third kappa shape index (κ3) is 4.53. The largest absolute Gasteiger partial charge is 0.480 e. The number of aliphatic carboxylic acids is 1. The van der Waals surface area contributed by atoms with Crippen LogP contribution in [0, 0.1) is 11.3 Å². The number of para-hydroxylation sites is 1. The van der Waals surface area contributed by atoms with Crippen molar-refractivity contribution in [2.24, 2.45) is 0 Å². The van der Waals surface area contributed by atoms with Gasteiger partial charge in [-0.3, -0.25) is 9.59 Å². The van der Waals surface area contributed by atoms with Gasteiger partial charge in [0.15, 0.2) is 0 Å². The molecule has 0 aliphatic carbocycles. The summed E-state index contributed by atoms with van der Waals surface area (Å²) in [6.45, 7) is -0.462. The van der Waals surface area contributed by atoms with Crippen molar-refractivity contribution < 1.29 is 14.7 Å². The molecule has 0 radical (unpaired) electrons. The Hall–Kier alpha value is -2.55. The average Bonchev–Trinajstić information content (AvgIpc) is 2.36. The Kier molecular flexibility index (Phi) is 5.19. The number of nitrogens with zero attached hydrogens (tertiary/aromatic N) is 2. The van der Waals surface area contributed by atoms with Crippen molar-refractivity contribution in [2.75, 3.05) is 24.5 Å². The predicted molar refractivity (Wildman–Crippen MR) is 64.9 cm³/mol. The Labute approximate surface area is 104 Å². The van der Waals surface area contributed by atoms with Gasteiger partial charge in [-0.25, -0.2) is 0 Å². The van der Waals surface area contributed by atoms with E-state index in [9.17, 15) is 9.59 Å². The number of amides is 1. The lowest BCUT2D eigenvalue weighted by molar-refractivity contribution is -0.135. The van der Waals surface area contributed by atoms with Gasteiger partial charge in [-0.15, -0.1) is 0 Å². The molecule has 0 saturated heterocycles. The number of carbonyl (C=O) groups is 2. The van der Waals surface area contributed by atoms with E-state index in [1.54, 1.807) is 36.4 Å². The van der Waals surface area contributed by atoms with Crippen molar-refractivity contribution in [3.8, 4) is 6.07 Å². The molecule has 0 unspecified atom stereocenters. The zero-order valence-corrected chi connectivity index (χ0v) is 9.67. The summed E-state index contributed by atoms with van der Waals surface area (Å²) in [6.07, 6.45) is 0. The van der Waals surface area contributed by atoms with E-state index in [1.165, 1.54) is 4.90 Å². The molecule has 0 spiro atoms. The zero-order chi connectivity index (χ0) is 13.4. The van der Waals surface area contributed by atoms with Crippen LogP contribution in [0.5, 0.6) is 0 Å². The summed E-state index contributed by atoms with van der Waals surface area (Å²) in [7, 11) is 0. The minimum atomic E-state index is -1.02. The van der Waals surface area contributed by atoms with Crippen molar-refractivity contribution in [1.82, 2.24) is 5.32 Å². The lowest BCUT2D eigenvalue weighted by atomic mass is 10.3. The van der Waals surface area contributed by atoms with Crippen LogP contribution in [0.2, 0.25) is 0 Å². The maximum Gasteiger partial charge on any atom is 0.323 e. The van der Waals surface area contributed by atoms with Crippen LogP contribution < -0.4 is 10.2 Å². The van der Waals surface area contributed by atoms with E-state index in [0.717, 1.165) is 0 Å². The van der Waals surface area contributed by atoms with Gasteiger partial charge in [0.05, 0.1) is 12.6 Å². The van der Waals surface area contributed by atoms with Crippen molar-refractivity contribution in [2.45, 2.75) is 0 Å². The first-order valence-electron chi connectivity index (χ1n) is 5.29. The number of rotatable bonds is 6. The quantitative estimate of drug-likeness (QED) is 0.701. The number of nitriles is 1. The molecule has 0 aromatic heterocycles. The molecule has 6 nitrogen and oxygen atoms in total. The highest BCUT2D eigenvalue weighted by Crippen LogP contribution is 2.12. The molecular formula is C12H13N3O3. The fourth-order valence-electron chi connectivity index (χ4n) is 1.41. The van der Waals surface area contributed by atoms with Crippen LogP contribution in [-0.4, -0.2) is 36.6 Å². The van der Waals surface area contributed by atoms with E-state index in [-0.39, 0.29) is 25.5 Å². The molecule has 1 aromatic rings. The van der Waals surface area contributed by atoms with Crippen LogP contribution in [0.15, 0.2) is 30.3 Å². The van der Waals surface area contributed by atoms with Crippen LogP contribution in [0.4, 0.5) is 5.69 Å². The second-order valence-electron chi connectivity index (χ2n) is 3.52. The van der Waals surface area contributed by atoms with E-state index < -0.39 is 5.97 Å². The van der Waals surface area contributed by atoms with Gasteiger partial charge in [-0.05, 0) is 12.1 Å². The first-order valence-corrected chi connectivity index (χ1v) is 5.29. The normalized spacial score (nSPS) is 9.28. The molecule has 0 atom stereocenters. The number of nitrogens with one attached hydrogen (secondary N) is 1. The van der Waals surface area contributed by atoms with Crippen molar-refractivity contribution >= 4 is 17.6 Å². The van der Waals surface area contributed by atoms with Gasteiger partial charge in [0, 0.05) is 5.69 Å². The van der Waals surface area contributed by atoms with E-state index in [4.69, 9.17) is 10.4 Å². The van der Waals surface area contributed by atoms with Gasteiger partial charge in [-0.2, -0.15) is 5.26 Å². The highest BCUT2D eigenvalue weighted by atomic mass is 16.4. The fraction of sp³-hybridized carbons (Fsp3) is 0.250. The second kappa shape index (κ2) is 6.91. The lowest BCUT2D eigenvalue weighted by Crippen LogP contribution is -2.40. The number of carboxylic acids is 1. The second-order valence-corrected chi connectivity index (χ2v) is 3.52. The Morgan fingerprint density at radius 1 is 1.28 bits per heavy atom. The van der Waals surface area contributed by atoms with Crippen LogP contribution in [0.25, 0.3) is 0 Å². The third-order valence-electron chi connectivity index (χ3n) is 2.15. The van der Waals surface area contributed by atoms with Gasteiger partial charge in [-0.1, -0.05) is 18.2 Å². The number of hydrogen-bond acceptors (Lipinski definition) is 4. The standard InChI is InChI=1S/C12H13N3O3/c13-6-7-14-11(16)8-15(9-12(17)18)10-4-2-1-3-5-10/h1-5H,7-9H2,(H,14,16)(H,17,18). The average molecular weight is 247 g/mol. The summed E-state index contributed by atoms with van der Waals surface area (Å²) in [5.41, 5.74) is 0.645. The SMILES string of the molecule is N#CCNC(=O)CN(CC(=O)O)c1ccccc1. The first-order chi connectivity index (χ1) is 8.63. The summed E-state index contributed by atoms with van der Waals surface area (Å²) in [5, 5.41) is 19.5. The fourth-order valence-corrected chi connectivity index (χ4v) is 1.41. The molecule has 2 N–H and O–H groups in total. The smallest absolute Gasteiger partial charge is 0.323 e. The number of carboxylic acid groups (broad SMARTS) is 1. The Balaban J connectivity index is 2.71. The van der Waals surface area contributed by atoms with Crippen molar-refractivity contribution in [3.63, 3.8) is 0 Å². The van der Waals surface area contributed by atoms with Gasteiger partial charge >= 0.3 is 5.97 Å². The molecule has 0 saturated carbocycles. The van der Waals surface area contributed by atoms with Gasteiger partial charge in [0.2, 0.25) is 5.91 Å². The first kappa shape index (κ1) is 13.5. The number of anilines is 1. The molecule has 0 bridgehead atoms.